The molecule has 2 rings (SSSR count). The number of hydrogen-bond donors (Lipinski definition) is 0. The van der Waals surface area contributed by atoms with Crippen LogP contribution in [0.4, 0.5) is 5.82 Å². The van der Waals surface area contributed by atoms with Crippen molar-refractivity contribution in [2.45, 2.75) is 26.2 Å². The molecule has 1 aromatic heterocycles. The first kappa shape index (κ1) is 9.06. The summed E-state index contributed by atoms with van der Waals surface area (Å²) in [7, 11) is 0. The van der Waals surface area contributed by atoms with Crippen molar-refractivity contribution in [2.24, 2.45) is 0 Å². The second-order valence-corrected chi connectivity index (χ2v) is 3.66. The van der Waals surface area contributed by atoms with Crippen LogP contribution in [-0.4, -0.2) is 20.8 Å². The highest BCUT2D eigenvalue weighted by molar-refractivity contribution is 5.57. The highest BCUT2D eigenvalue weighted by Crippen LogP contribution is 2.13. The number of aromatic nitrogens is 2. The fourth-order valence-electron chi connectivity index (χ4n) is 1.34. The summed E-state index contributed by atoms with van der Waals surface area (Å²) >= 11 is 0. The Labute approximate surface area is 83.8 Å². The Bertz CT molecular complexity index is 374. The fourth-order valence-corrected chi connectivity index (χ4v) is 1.34. The predicted octanol–water partition coefficient (Wildman–Crippen LogP) is 2.23. The average Bonchev–Trinajstić information content (AvgIpc) is 2.71. The van der Waals surface area contributed by atoms with Crippen LogP contribution in [-0.2, 0) is 0 Å². The third-order valence-corrected chi connectivity index (χ3v) is 2.22. The van der Waals surface area contributed by atoms with Gasteiger partial charge in [0.25, 0.3) is 0 Å². The van der Waals surface area contributed by atoms with E-state index >= 15 is 0 Å². The average molecular weight is 188 g/mol. The van der Waals surface area contributed by atoms with Gasteiger partial charge >= 0.3 is 5.82 Å². The first-order chi connectivity index (χ1) is 6.77. The molecule has 0 radical (unpaired) electrons. The summed E-state index contributed by atoms with van der Waals surface area (Å²) < 4.78 is 2.00. The molecule has 3 heteroatoms. The standard InChI is InChI=1S/C11H14N3/c1-9(2)10-7-13-11(8-12-10)14-5-3-4-6-14/h3,5-9H,4H2,1-2H3/q+1. The van der Waals surface area contributed by atoms with Crippen molar-refractivity contribution in [3.05, 3.63) is 30.4 Å². The van der Waals surface area contributed by atoms with Gasteiger partial charge in [-0.25, -0.2) is 9.56 Å². The van der Waals surface area contributed by atoms with Crippen molar-refractivity contribution in [1.29, 1.82) is 0 Å². The second-order valence-electron chi connectivity index (χ2n) is 3.66. The largest absolute Gasteiger partial charge is 0.345 e. The Morgan fingerprint density at radius 3 is 2.64 bits per heavy atom. The molecule has 1 aliphatic rings. The van der Waals surface area contributed by atoms with Crippen molar-refractivity contribution in [1.82, 2.24) is 9.97 Å². The monoisotopic (exact) mass is 188 g/mol. The number of nitrogens with zero attached hydrogens (tertiary/aromatic N) is 3. The minimum absolute atomic E-state index is 0.439. The molecule has 1 aliphatic heterocycles. The molecule has 1 aromatic rings. The summed E-state index contributed by atoms with van der Waals surface area (Å²) in [5, 5.41) is 0. The van der Waals surface area contributed by atoms with Gasteiger partial charge in [0, 0.05) is 6.42 Å². The third kappa shape index (κ3) is 1.71. The van der Waals surface area contributed by atoms with Crippen LogP contribution in [0.5, 0.6) is 0 Å². The molecule has 0 bridgehead atoms. The van der Waals surface area contributed by atoms with E-state index in [-0.39, 0.29) is 0 Å². The van der Waals surface area contributed by atoms with Gasteiger partial charge in [0.2, 0.25) is 0 Å². The fraction of sp³-hybridized carbons (Fsp3) is 0.364. The van der Waals surface area contributed by atoms with Crippen LogP contribution in [0.25, 0.3) is 0 Å². The lowest BCUT2D eigenvalue weighted by Gasteiger charge is -1.99. The van der Waals surface area contributed by atoms with Gasteiger partial charge in [0.05, 0.1) is 18.1 Å². The first-order valence-electron chi connectivity index (χ1n) is 4.87. The van der Waals surface area contributed by atoms with Gasteiger partial charge in [0.1, 0.15) is 6.20 Å². The van der Waals surface area contributed by atoms with Gasteiger partial charge < -0.3 is 0 Å². The minimum Gasteiger partial charge on any atom is -0.248 e. The van der Waals surface area contributed by atoms with E-state index < -0.39 is 0 Å². The molecule has 0 fully saturated rings. The van der Waals surface area contributed by atoms with Crippen LogP contribution >= 0.6 is 0 Å². The lowest BCUT2D eigenvalue weighted by atomic mass is 10.1. The molecule has 3 nitrogen and oxygen atoms in total. The highest BCUT2D eigenvalue weighted by atomic mass is 15.1. The molecule has 0 saturated carbocycles. The molecule has 0 unspecified atom stereocenters. The van der Waals surface area contributed by atoms with Gasteiger partial charge in [-0.1, -0.05) is 13.8 Å². The van der Waals surface area contributed by atoms with Crippen molar-refractivity contribution in [3.8, 4) is 0 Å². The summed E-state index contributed by atoms with van der Waals surface area (Å²) in [5.74, 6) is 1.33. The molecular formula is C11H14N3+. The van der Waals surface area contributed by atoms with E-state index in [1.807, 2.05) is 23.2 Å². The molecule has 14 heavy (non-hydrogen) atoms. The molecule has 0 spiro atoms. The molecular weight excluding hydrogens is 174 g/mol. The number of hydrogen-bond acceptors (Lipinski definition) is 2. The zero-order valence-electron chi connectivity index (χ0n) is 8.51. The van der Waals surface area contributed by atoms with Gasteiger partial charge in [-0.05, 0) is 17.0 Å². The normalized spacial score (nSPS) is 14.9. The van der Waals surface area contributed by atoms with E-state index in [1.54, 1.807) is 0 Å². The SMILES string of the molecule is CC(C)c1cnc([N+]2=CCC=C2)cn1. The maximum absolute atomic E-state index is 4.36. The molecule has 2 heterocycles. The van der Waals surface area contributed by atoms with Crippen molar-refractivity contribution in [2.75, 3.05) is 0 Å². The van der Waals surface area contributed by atoms with E-state index in [4.69, 9.17) is 0 Å². The molecule has 0 saturated heterocycles. The van der Waals surface area contributed by atoms with Gasteiger partial charge in [-0.2, -0.15) is 0 Å². The molecule has 0 amide bonds. The van der Waals surface area contributed by atoms with Gasteiger partial charge in [-0.3, -0.25) is 0 Å². The third-order valence-electron chi connectivity index (χ3n) is 2.22. The molecule has 0 aromatic carbocycles. The molecule has 0 atom stereocenters. The maximum Gasteiger partial charge on any atom is 0.345 e. The summed E-state index contributed by atoms with van der Waals surface area (Å²) in [6, 6.07) is 0. The van der Waals surface area contributed by atoms with Crippen LogP contribution in [0.2, 0.25) is 0 Å². The quantitative estimate of drug-likeness (QED) is 0.666. The van der Waals surface area contributed by atoms with Crippen LogP contribution in [0.1, 0.15) is 31.9 Å². The summed E-state index contributed by atoms with van der Waals surface area (Å²) in [6.45, 7) is 4.23. The smallest absolute Gasteiger partial charge is 0.248 e. The first-order valence-corrected chi connectivity index (χ1v) is 4.87. The van der Waals surface area contributed by atoms with Gasteiger partial charge in [-0.15, -0.1) is 0 Å². The van der Waals surface area contributed by atoms with Crippen molar-refractivity contribution >= 4 is 12.0 Å². The molecule has 72 valence electrons. The summed E-state index contributed by atoms with van der Waals surface area (Å²) in [5.41, 5.74) is 1.04. The Morgan fingerprint density at radius 1 is 1.29 bits per heavy atom. The molecule has 0 N–H and O–H groups in total. The zero-order valence-corrected chi connectivity index (χ0v) is 8.51. The van der Waals surface area contributed by atoms with Crippen molar-refractivity contribution in [3.63, 3.8) is 0 Å². The summed E-state index contributed by atoms with van der Waals surface area (Å²) in [4.78, 5) is 8.73. The Morgan fingerprint density at radius 2 is 2.14 bits per heavy atom. The van der Waals surface area contributed by atoms with Crippen LogP contribution in [0.3, 0.4) is 0 Å². The summed E-state index contributed by atoms with van der Waals surface area (Å²) in [6.07, 6.45) is 10.8. The van der Waals surface area contributed by atoms with E-state index in [9.17, 15) is 0 Å². The van der Waals surface area contributed by atoms with E-state index in [1.165, 1.54) is 0 Å². The molecule has 0 aliphatic carbocycles. The lowest BCUT2D eigenvalue weighted by molar-refractivity contribution is -0.356. The van der Waals surface area contributed by atoms with E-state index in [0.717, 1.165) is 17.9 Å². The Hall–Kier alpha value is -1.51. The van der Waals surface area contributed by atoms with Crippen LogP contribution < -0.4 is 0 Å². The highest BCUT2D eigenvalue weighted by Gasteiger charge is 2.12. The topological polar surface area (TPSA) is 28.8 Å². The maximum atomic E-state index is 4.36. The van der Waals surface area contributed by atoms with E-state index in [0.29, 0.717) is 5.92 Å². The lowest BCUT2D eigenvalue weighted by Crippen LogP contribution is -2.00. The van der Waals surface area contributed by atoms with Gasteiger partial charge in [0.15, 0.2) is 6.20 Å². The predicted molar refractivity (Wildman–Crippen MR) is 55.9 cm³/mol. The Balaban J connectivity index is 2.26. The Kier molecular flexibility index (Phi) is 2.39. The second kappa shape index (κ2) is 3.70. The minimum atomic E-state index is 0.439. The van der Waals surface area contributed by atoms with Crippen LogP contribution in [0.15, 0.2) is 24.7 Å². The van der Waals surface area contributed by atoms with Crippen LogP contribution in [0, 0.1) is 0 Å². The van der Waals surface area contributed by atoms with E-state index in [2.05, 4.69) is 36.1 Å². The number of rotatable bonds is 2. The van der Waals surface area contributed by atoms with Crippen molar-refractivity contribution < 1.29 is 4.58 Å². The zero-order chi connectivity index (χ0) is 9.97. The number of allylic oxidation sites excluding steroid dienone is 1.